The summed E-state index contributed by atoms with van der Waals surface area (Å²) in [6, 6.07) is 41.6. The smallest absolute Gasteiger partial charge is 0.156 e. The molecule has 1 aliphatic rings. The zero-order chi connectivity index (χ0) is 34.0. The normalized spacial score (nSPS) is 20.8. The predicted molar refractivity (Wildman–Crippen MR) is 197 cm³/mol. The van der Waals surface area contributed by atoms with Gasteiger partial charge in [-0.05, 0) is 69.7 Å². The molecule has 1 aliphatic heterocycles. The van der Waals surface area contributed by atoms with Crippen molar-refractivity contribution in [2.24, 2.45) is 5.92 Å². The van der Waals surface area contributed by atoms with Crippen LogP contribution < -0.4 is 10.1 Å². The molecule has 0 unspecified atom stereocenters. The van der Waals surface area contributed by atoms with Gasteiger partial charge in [0.25, 0.3) is 0 Å². The maximum atomic E-state index is 6.85. The van der Waals surface area contributed by atoms with Gasteiger partial charge >= 0.3 is 0 Å². The Kier molecular flexibility index (Phi) is 9.29. The molecule has 3 heterocycles. The van der Waals surface area contributed by atoms with E-state index in [4.69, 9.17) is 24.3 Å². The van der Waals surface area contributed by atoms with Crippen LogP contribution in [0.25, 0.3) is 5.52 Å². The molecule has 0 saturated carbocycles. The van der Waals surface area contributed by atoms with E-state index in [1.165, 1.54) is 0 Å². The van der Waals surface area contributed by atoms with Gasteiger partial charge in [0.2, 0.25) is 0 Å². The summed E-state index contributed by atoms with van der Waals surface area (Å²) >= 11 is 3.92. The van der Waals surface area contributed by atoms with Gasteiger partial charge in [-0.25, -0.2) is 9.50 Å². The first kappa shape index (κ1) is 33.0. The third kappa shape index (κ3) is 5.92. The third-order valence-corrected chi connectivity index (χ3v) is 10.7. The monoisotopic (exact) mass is 716 g/mol. The molecule has 4 atom stereocenters. The van der Waals surface area contributed by atoms with E-state index in [-0.39, 0.29) is 18.1 Å². The quantitative estimate of drug-likeness (QED) is 0.135. The summed E-state index contributed by atoms with van der Waals surface area (Å²) in [5.74, 6) is 1.60. The Bertz CT molecular complexity index is 1960. The number of methoxy groups -OCH3 is 1. The second-order valence-electron chi connectivity index (χ2n) is 12.8. The third-order valence-electron chi connectivity index (χ3n) is 10.1. The Balaban J connectivity index is 1.37. The second kappa shape index (κ2) is 13.8. The standard InChI is InChI=1S/C41H41BrN4O3/c1-5-36-28(2)40(3,48-26-29-15-9-6-10-16-29)38(49-36)35-25-34(42)37-39(43-27-44-46(35)37)45-41(30-17-11-7-12-18-30,31-19-13-8-14-20-31)32-21-23-33(47-4)24-22-32/h6-25,27-28,36,38H,5,26H2,1-4H3,(H,43,44,45)/t28-,36-,38+,40-/m1/s1. The molecule has 6 aromatic rings. The van der Waals surface area contributed by atoms with Crippen molar-refractivity contribution < 1.29 is 14.2 Å². The van der Waals surface area contributed by atoms with E-state index in [1.807, 2.05) is 47.0 Å². The number of anilines is 1. The van der Waals surface area contributed by atoms with E-state index >= 15 is 0 Å². The summed E-state index contributed by atoms with van der Waals surface area (Å²) in [7, 11) is 1.68. The van der Waals surface area contributed by atoms with Crippen LogP contribution in [0, 0.1) is 5.92 Å². The van der Waals surface area contributed by atoms with Crippen molar-refractivity contribution in [3.63, 3.8) is 0 Å². The average Bonchev–Trinajstić information content (AvgIpc) is 3.63. The first-order chi connectivity index (χ1) is 23.9. The fraction of sp³-hybridized carbons (Fsp3) is 0.268. The van der Waals surface area contributed by atoms with Crippen LogP contribution in [-0.2, 0) is 21.6 Å². The fourth-order valence-electron chi connectivity index (χ4n) is 7.28. The van der Waals surface area contributed by atoms with Crippen molar-refractivity contribution in [1.82, 2.24) is 14.6 Å². The lowest BCUT2D eigenvalue weighted by atomic mass is 9.77. The summed E-state index contributed by atoms with van der Waals surface area (Å²) in [5, 5.41) is 8.77. The average molecular weight is 718 g/mol. The molecular formula is C41H41BrN4O3. The molecule has 1 fully saturated rings. The molecule has 250 valence electrons. The summed E-state index contributed by atoms with van der Waals surface area (Å²) in [6.45, 7) is 7.06. The zero-order valence-corrected chi connectivity index (χ0v) is 29.8. The largest absolute Gasteiger partial charge is 0.497 e. The van der Waals surface area contributed by atoms with Gasteiger partial charge in [-0.1, -0.05) is 117 Å². The second-order valence-corrected chi connectivity index (χ2v) is 13.7. The maximum absolute atomic E-state index is 6.85. The molecule has 0 radical (unpaired) electrons. The van der Waals surface area contributed by atoms with Crippen molar-refractivity contribution in [3.05, 3.63) is 160 Å². The van der Waals surface area contributed by atoms with Crippen LogP contribution >= 0.6 is 15.9 Å². The van der Waals surface area contributed by atoms with E-state index in [9.17, 15) is 0 Å². The molecule has 0 aliphatic carbocycles. The minimum atomic E-state index is -0.813. The molecule has 0 bridgehead atoms. The number of fused-ring (bicyclic) bond motifs is 1. The number of ether oxygens (including phenoxy) is 3. The molecule has 0 amide bonds. The van der Waals surface area contributed by atoms with Gasteiger partial charge in [0, 0.05) is 10.4 Å². The maximum Gasteiger partial charge on any atom is 0.156 e. The van der Waals surface area contributed by atoms with E-state index < -0.39 is 11.1 Å². The van der Waals surface area contributed by atoms with Crippen LogP contribution in [0.15, 0.2) is 132 Å². The number of hydrogen-bond donors (Lipinski definition) is 1. The van der Waals surface area contributed by atoms with E-state index in [0.717, 1.165) is 50.1 Å². The highest BCUT2D eigenvalue weighted by atomic mass is 79.9. The SMILES string of the molecule is CC[C@H]1O[C@@H](c2cc(Br)c3c(NC(c4ccccc4)(c4ccccc4)c4ccc(OC)cc4)ncnn23)[C@](C)(OCc2ccccc2)[C@@H]1C. The number of halogens is 1. The fourth-order valence-corrected chi connectivity index (χ4v) is 7.87. The summed E-state index contributed by atoms with van der Waals surface area (Å²) in [4.78, 5) is 4.89. The lowest BCUT2D eigenvalue weighted by molar-refractivity contribution is -0.107. The number of nitrogens with zero attached hydrogens (tertiary/aromatic N) is 3. The van der Waals surface area contributed by atoms with Crippen LogP contribution in [0.3, 0.4) is 0 Å². The molecule has 1 saturated heterocycles. The summed E-state index contributed by atoms with van der Waals surface area (Å²) in [6.07, 6.45) is 2.16. The molecule has 2 aromatic heterocycles. The molecule has 7 nitrogen and oxygen atoms in total. The molecule has 7 rings (SSSR count). The van der Waals surface area contributed by atoms with E-state index in [2.05, 4.69) is 121 Å². The Morgan fingerprint density at radius 3 is 2.06 bits per heavy atom. The Morgan fingerprint density at radius 1 is 0.878 bits per heavy atom. The zero-order valence-electron chi connectivity index (χ0n) is 28.2. The number of rotatable bonds is 11. The number of aromatic nitrogens is 3. The lowest BCUT2D eigenvalue weighted by Crippen LogP contribution is -2.39. The van der Waals surface area contributed by atoms with E-state index in [1.54, 1.807) is 13.4 Å². The van der Waals surface area contributed by atoms with Crippen LogP contribution in [0.2, 0.25) is 0 Å². The number of nitrogens with one attached hydrogen (secondary N) is 1. The van der Waals surface area contributed by atoms with Crippen LogP contribution in [0.4, 0.5) is 5.82 Å². The van der Waals surface area contributed by atoms with Crippen molar-refractivity contribution in [1.29, 1.82) is 0 Å². The van der Waals surface area contributed by atoms with Crippen molar-refractivity contribution in [3.8, 4) is 5.75 Å². The van der Waals surface area contributed by atoms with Crippen LogP contribution in [-0.4, -0.2) is 33.4 Å². The molecule has 8 heteroatoms. The van der Waals surface area contributed by atoms with Gasteiger partial charge in [-0.2, -0.15) is 5.10 Å². The van der Waals surface area contributed by atoms with Gasteiger partial charge in [-0.3, -0.25) is 0 Å². The topological polar surface area (TPSA) is 69.9 Å². The summed E-state index contributed by atoms with van der Waals surface area (Å²) < 4.78 is 22.0. The molecule has 49 heavy (non-hydrogen) atoms. The highest BCUT2D eigenvalue weighted by Crippen LogP contribution is 2.50. The minimum Gasteiger partial charge on any atom is -0.497 e. The Hall–Kier alpha value is -4.50. The highest BCUT2D eigenvalue weighted by molar-refractivity contribution is 9.10. The Labute approximate surface area is 296 Å². The van der Waals surface area contributed by atoms with Crippen molar-refractivity contribution in [2.45, 2.75) is 57.1 Å². The Morgan fingerprint density at radius 2 is 1.47 bits per heavy atom. The molecule has 1 N–H and O–H groups in total. The van der Waals surface area contributed by atoms with Crippen LogP contribution in [0.1, 0.15) is 61.2 Å². The lowest BCUT2D eigenvalue weighted by Gasteiger charge is -2.37. The first-order valence-electron chi connectivity index (χ1n) is 16.8. The van der Waals surface area contributed by atoms with E-state index in [0.29, 0.717) is 12.4 Å². The molecular weight excluding hydrogens is 676 g/mol. The van der Waals surface area contributed by atoms with Gasteiger partial charge in [0.05, 0.1) is 25.5 Å². The number of hydrogen-bond acceptors (Lipinski definition) is 6. The van der Waals surface area contributed by atoms with Gasteiger partial charge in [-0.15, -0.1) is 0 Å². The molecule has 4 aromatic carbocycles. The molecule has 0 spiro atoms. The number of benzene rings is 4. The van der Waals surface area contributed by atoms with Crippen molar-refractivity contribution in [2.75, 3.05) is 12.4 Å². The predicted octanol–water partition coefficient (Wildman–Crippen LogP) is 9.37. The van der Waals surface area contributed by atoms with Gasteiger partial charge in [0.15, 0.2) is 5.82 Å². The first-order valence-corrected chi connectivity index (χ1v) is 17.6. The summed E-state index contributed by atoms with van der Waals surface area (Å²) in [5.41, 5.74) is 4.57. The highest BCUT2D eigenvalue weighted by Gasteiger charge is 2.53. The van der Waals surface area contributed by atoms with Crippen LogP contribution in [0.5, 0.6) is 5.75 Å². The van der Waals surface area contributed by atoms with Crippen molar-refractivity contribution >= 4 is 27.3 Å². The van der Waals surface area contributed by atoms with Gasteiger partial charge in [0.1, 0.15) is 34.8 Å². The minimum absolute atomic E-state index is 0.0356. The van der Waals surface area contributed by atoms with Gasteiger partial charge < -0.3 is 19.5 Å².